The smallest absolute Gasteiger partial charge is 0.822 e. The molecule has 0 spiro atoms. The SMILES string of the molecule is O=P([O-])([O-])O.O=P([O-])([O-])O.O=P([O-])([O-])O.O=P([O-])([O-])[O-].O=P([O-])([O-])[O-].O=P([O-])([O-])[O-].[Al+3].[Al+3].[Al+3].[Al+3].[Al+3]. The van der Waals surface area contributed by atoms with Gasteiger partial charge in [-0.2, -0.15) is 23.5 Å². The second-order valence-corrected chi connectivity index (χ2v) is 8.24. The average molecular weight is 708 g/mol. The Balaban J connectivity index is -0.0000000213. The third-order valence-electron chi connectivity index (χ3n) is 0. The molecule has 35 heteroatoms. The van der Waals surface area contributed by atoms with E-state index in [1.807, 2.05) is 0 Å². The minimum absolute atomic E-state index is 0. The molecule has 3 N–H and O–H groups in total. The van der Waals surface area contributed by atoms with Gasteiger partial charge in [0.05, 0.1) is 23.5 Å². The molecule has 24 nitrogen and oxygen atoms in total. The summed E-state index contributed by atoms with van der Waals surface area (Å²) in [7, 11) is -31.6. The molecular formula is H3Al5O24P6. The molecule has 0 aliphatic carbocycles. The maximum Gasteiger partial charge on any atom is 3.00 e. The Morgan fingerprint density at radius 3 is 0.286 bits per heavy atom. The molecule has 0 radical (unpaired) electrons. The molecule has 0 aromatic rings. The van der Waals surface area contributed by atoms with Crippen molar-refractivity contribution in [1.29, 1.82) is 0 Å². The fourth-order valence-corrected chi connectivity index (χ4v) is 0. The number of phosphoric acid groups is 6. The van der Waals surface area contributed by atoms with Gasteiger partial charge in [-0.15, -0.1) is 0 Å². The summed E-state index contributed by atoms with van der Waals surface area (Å²) in [5, 5.41) is 0. The van der Waals surface area contributed by atoms with Gasteiger partial charge in [0.15, 0.2) is 0 Å². The van der Waals surface area contributed by atoms with Crippen LogP contribution in [0, 0.1) is 0 Å². The molecule has 0 saturated carbocycles. The zero-order valence-electron chi connectivity index (χ0n) is 15.5. The molecule has 0 bridgehead atoms. The van der Waals surface area contributed by atoms with Crippen molar-refractivity contribution >= 4 is 134 Å². The fraction of sp³-hybridized carbons (Fsp3) is 0. The Labute approximate surface area is 247 Å². The molecule has 0 atom stereocenters. The van der Waals surface area contributed by atoms with E-state index in [-0.39, 0.29) is 86.8 Å². The van der Waals surface area contributed by atoms with Gasteiger partial charge in [-0.3, -0.25) is 0 Å². The predicted octanol–water partition coefficient (Wildman–Crippen LogP) is -17.0. The van der Waals surface area contributed by atoms with E-state index in [4.69, 9.17) is 115 Å². The van der Waals surface area contributed by atoms with Crippen LogP contribution in [-0.2, 0) is 27.4 Å². The summed E-state index contributed by atoms with van der Waals surface area (Å²) in [5.74, 6) is 0. The molecule has 0 fully saturated rings. The quantitative estimate of drug-likeness (QED) is 0.155. The number of rotatable bonds is 0. The molecular weight excluding hydrogens is 705 g/mol. The molecule has 0 aliphatic heterocycles. The zero-order chi connectivity index (χ0) is 27.0. The van der Waals surface area contributed by atoms with E-state index >= 15 is 0 Å². The van der Waals surface area contributed by atoms with Crippen LogP contribution in [0.5, 0.6) is 0 Å². The van der Waals surface area contributed by atoms with Gasteiger partial charge in [0, 0.05) is 0 Å². The Morgan fingerprint density at radius 2 is 0.286 bits per heavy atom. The second-order valence-electron chi connectivity index (χ2n) is 2.75. The molecule has 0 saturated heterocycles. The van der Waals surface area contributed by atoms with E-state index in [0.717, 1.165) is 0 Å². The first kappa shape index (κ1) is 71.5. The van der Waals surface area contributed by atoms with Crippen LogP contribution in [0.15, 0.2) is 0 Å². The second kappa shape index (κ2) is 31.8. The zero-order valence-corrected chi connectivity index (χ0v) is 26.6. The van der Waals surface area contributed by atoms with Crippen LogP contribution < -0.4 is 73.4 Å². The minimum atomic E-state index is -5.39. The van der Waals surface area contributed by atoms with Gasteiger partial charge in [0.2, 0.25) is 0 Å². The van der Waals surface area contributed by atoms with Gasteiger partial charge in [-0.1, -0.05) is 0 Å². The van der Waals surface area contributed by atoms with Gasteiger partial charge in [0.1, 0.15) is 0 Å². The van der Waals surface area contributed by atoms with Crippen molar-refractivity contribution < 1.29 is 115 Å². The third-order valence-corrected chi connectivity index (χ3v) is 0. The van der Waals surface area contributed by atoms with Crippen molar-refractivity contribution in [3.05, 3.63) is 0 Å². The monoisotopic (exact) mass is 708 g/mol. The summed E-state index contributed by atoms with van der Waals surface area (Å²) >= 11 is 0. The standard InChI is InChI=1S/5Al.6H3O4P/c;;;;;6*1-5(2,3)4/h;;;;;6*(H3,1,2,3,4)/q5*+3;;;;;;/p-15. The normalized spacial score (nSPS) is 10.1. The molecule has 0 aliphatic rings. The topological polar surface area (TPSA) is 509 Å². The van der Waals surface area contributed by atoms with Crippen molar-refractivity contribution in [1.82, 2.24) is 0 Å². The number of hydrogen-bond donors (Lipinski definition) is 3. The van der Waals surface area contributed by atoms with Crippen molar-refractivity contribution in [3.63, 3.8) is 0 Å². The predicted molar refractivity (Wildman–Crippen MR) is 81.1 cm³/mol. The molecule has 0 aromatic carbocycles. The first-order valence-electron chi connectivity index (χ1n) is 4.43. The Hall–Kier alpha value is 3.32. The molecule has 35 heavy (non-hydrogen) atoms. The molecule has 0 heterocycles. The van der Waals surface area contributed by atoms with E-state index in [1.54, 1.807) is 0 Å². The molecule has 0 aromatic heterocycles. The summed E-state index contributed by atoms with van der Waals surface area (Å²) in [6.07, 6.45) is 0. The van der Waals surface area contributed by atoms with Gasteiger partial charge in [0.25, 0.3) is 0 Å². The van der Waals surface area contributed by atoms with Gasteiger partial charge >= 0.3 is 86.8 Å². The van der Waals surface area contributed by atoms with Crippen molar-refractivity contribution in [2.24, 2.45) is 0 Å². The van der Waals surface area contributed by atoms with Crippen molar-refractivity contribution in [2.75, 3.05) is 0 Å². The van der Waals surface area contributed by atoms with Gasteiger partial charge < -0.3 is 115 Å². The summed E-state index contributed by atoms with van der Waals surface area (Å²) < 4.78 is 51.6. The van der Waals surface area contributed by atoms with Gasteiger partial charge in [-0.05, 0) is 0 Å². The van der Waals surface area contributed by atoms with E-state index < -0.39 is 46.9 Å². The first-order valence-corrected chi connectivity index (χ1v) is 13.3. The summed E-state index contributed by atoms with van der Waals surface area (Å²) in [6, 6.07) is 0. The molecule has 192 valence electrons. The molecule has 0 unspecified atom stereocenters. The Kier molecular flexibility index (Phi) is 65.1. The summed E-state index contributed by atoms with van der Waals surface area (Å²) in [5.41, 5.74) is 0. The van der Waals surface area contributed by atoms with E-state index in [0.29, 0.717) is 0 Å². The molecule has 0 amide bonds. The van der Waals surface area contributed by atoms with E-state index in [1.165, 1.54) is 0 Å². The van der Waals surface area contributed by atoms with Crippen molar-refractivity contribution in [3.8, 4) is 0 Å². The maximum atomic E-state index is 8.66. The van der Waals surface area contributed by atoms with Crippen LogP contribution in [0.4, 0.5) is 0 Å². The average Bonchev–Trinajstić information content (AvgIpc) is 1.94. The Morgan fingerprint density at radius 1 is 0.286 bits per heavy atom. The van der Waals surface area contributed by atoms with Crippen LogP contribution in [-0.4, -0.2) is 101 Å². The maximum absolute atomic E-state index is 8.66. The summed E-state index contributed by atoms with van der Waals surface area (Å²) in [6.45, 7) is 0. The van der Waals surface area contributed by atoms with Gasteiger partial charge in [-0.25, -0.2) is 0 Å². The third kappa shape index (κ3) is 4220. The van der Waals surface area contributed by atoms with E-state index in [2.05, 4.69) is 0 Å². The van der Waals surface area contributed by atoms with Crippen LogP contribution in [0.3, 0.4) is 0 Å². The van der Waals surface area contributed by atoms with Crippen LogP contribution in [0.1, 0.15) is 0 Å². The van der Waals surface area contributed by atoms with Crippen molar-refractivity contribution in [2.45, 2.75) is 0 Å². The summed E-state index contributed by atoms with van der Waals surface area (Å²) in [4.78, 5) is 150. The number of hydrogen-bond acceptors (Lipinski definition) is 21. The first-order chi connectivity index (χ1) is 12.0. The van der Waals surface area contributed by atoms with Crippen LogP contribution in [0.25, 0.3) is 0 Å². The fourth-order valence-electron chi connectivity index (χ4n) is 0. The largest absolute Gasteiger partial charge is 3.00 e. The minimum Gasteiger partial charge on any atom is -0.822 e. The Bertz CT molecular complexity index is 475. The van der Waals surface area contributed by atoms with E-state index in [9.17, 15) is 0 Å². The molecule has 0 rings (SSSR count). The van der Waals surface area contributed by atoms with Crippen LogP contribution >= 0.6 is 46.9 Å². The van der Waals surface area contributed by atoms with Crippen LogP contribution in [0.2, 0.25) is 0 Å².